The Morgan fingerprint density at radius 2 is 1.94 bits per heavy atom. The van der Waals surface area contributed by atoms with Crippen molar-refractivity contribution < 1.29 is 26.7 Å². The molecule has 0 radical (unpaired) electrons. The van der Waals surface area contributed by atoms with E-state index >= 15 is 0 Å². The average molecular weight is 477 g/mol. The SMILES string of the molecule is CC1(Nc2ccc3c(c2)CCC(=O)N3)CC(Nc2ccccc2S(=O)[O-])=C(C(F)(F)F)C=N1. The van der Waals surface area contributed by atoms with Gasteiger partial charge in [-0.1, -0.05) is 12.1 Å². The van der Waals surface area contributed by atoms with Crippen LogP contribution in [0.5, 0.6) is 0 Å². The minimum atomic E-state index is -4.68. The third-order valence-corrected chi connectivity index (χ3v) is 6.11. The lowest BCUT2D eigenvalue weighted by atomic mass is 9.97. The van der Waals surface area contributed by atoms with Crippen LogP contribution in [0.3, 0.4) is 0 Å². The van der Waals surface area contributed by atoms with E-state index in [9.17, 15) is 26.7 Å². The van der Waals surface area contributed by atoms with Gasteiger partial charge >= 0.3 is 6.18 Å². The van der Waals surface area contributed by atoms with Gasteiger partial charge in [-0.2, -0.15) is 13.2 Å². The number of para-hydroxylation sites is 1. The summed E-state index contributed by atoms with van der Waals surface area (Å²) in [6.07, 6.45) is -3.17. The summed E-state index contributed by atoms with van der Waals surface area (Å²) in [4.78, 5) is 15.5. The molecule has 0 aliphatic carbocycles. The van der Waals surface area contributed by atoms with Gasteiger partial charge in [0.15, 0.2) is 0 Å². The molecule has 2 aromatic carbocycles. The molecule has 33 heavy (non-hydrogen) atoms. The van der Waals surface area contributed by atoms with Crippen molar-refractivity contribution in [3.05, 3.63) is 59.3 Å². The molecule has 2 heterocycles. The summed E-state index contributed by atoms with van der Waals surface area (Å²) >= 11 is -2.63. The fraction of sp³-hybridized carbons (Fsp3) is 0.273. The summed E-state index contributed by atoms with van der Waals surface area (Å²) in [5.41, 5.74) is 0.00859. The zero-order chi connectivity index (χ0) is 23.8. The van der Waals surface area contributed by atoms with E-state index in [1.54, 1.807) is 19.1 Å². The van der Waals surface area contributed by atoms with Crippen LogP contribution in [-0.2, 0) is 22.3 Å². The molecule has 0 bridgehead atoms. The Labute approximate surface area is 190 Å². The monoisotopic (exact) mass is 477 g/mol. The van der Waals surface area contributed by atoms with Crippen LogP contribution in [0.15, 0.2) is 63.6 Å². The van der Waals surface area contributed by atoms with E-state index in [1.165, 1.54) is 24.3 Å². The van der Waals surface area contributed by atoms with Crippen LogP contribution in [0, 0.1) is 0 Å². The fourth-order valence-electron chi connectivity index (χ4n) is 3.85. The summed E-state index contributed by atoms with van der Waals surface area (Å²) in [5.74, 6) is -0.0631. The number of hydrogen-bond acceptors (Lipinski definition) is 6. The van der Waals surface area contributed by atoms with E-state index in [1.807, 2.05) is 6.07 Å². The van der Waals surface area contributed by atoms with Crippen LogP contribution in [-0.4, -0.2) is 32.7 Å². The second-order valence-corrected chi connectivity index (χ2v) is 8.91. The number of alkyl halides is 3. The molecule has 2 aliphatic heterocycles. The molecule has 7 nitrogen and oxygen atoms in total. The van der Waals surface area contributed by atoms with E-state index in [0.717, 1.165) is 11.8 Å². The Kier molecular flexibility index (Phi) is 6.02. The summed E-state index contributed by atoms with van der Waals surface area (Å²) in [6, 6.07) is 11.0. The van der Waals surface area contributed by atoms with E-state index < -0.39 is 28.5 Å². The van der Waals surface area contributed by atoms with Crippen molar-refractivity contribution in [1.82, 2.24) is 0 Å². The number of hydrogen-bond donors (Lipinski definition) is 3. The molecule has 1 amide bonds. The number of amides is 1. The minimum Gasteiger partial charge on any atom is -0.768 e. The van der Waals surface area contributed by atoms with Gasteiger partial charge in [0.1, 0.15) is 5.66 Å². The molecule has 0 fully saturated rings. The van der Waals surface area contributed by atoms with Crippen LogP contribution in [0.4, 0.5) is 30.2 Å². The summed E-state index contributed by atoms with van der Waals surface area (Å²) in [5, 5.41) is 8.62. The Morgan fingerprint density at radius 3 is 2.67 bits per heavy atom. The average Bonchev–Trinajstić information content (AvgIpc) is 2.73. The van der Waals surface area contributed by atoms with E-state index in [0.29, 0.717) is 24.2 Å². The summed E-state index contributed by atoms with van der Waals surface area (Å²) in [6.45, 7) is 1.65. The van der Waals surface area contributed by atoms with Crippen LogP contribution >= 0.6 is 0 Å². The maximum atomic E-state index is 13.7. The second-order valence-electron chi connectivity index (χ2n) is 8.00. The molecule has 0 spiro atoms. The smallest absolute Gasteiger partial charge is 0.419 e. The number of fused-ring (bicyclic) bond motifs is 1. The molecule has 2 atom stereocenters. The van der Waals surface area contributed by atoms with Gasteiger partial charge in [0.2, 0.25) is 5.91 Å². The number of halogens is 3. The van der Waals surface area contributed by atoms with Gasteiger partial charge in [0, 0.05) is 41.0 Å². The first-order valence-electron chi connectivity index (χ1n) is 10.1. The maximum absolute atomic E-state index is 13.7. The van der Waals surface area contributed by atoms with Gasteiger partial charge in [-0.25, -0.2) is 0 Å². The fourth-order valence-corrected chi connectivity index (χ4v) is 4.34. The number of aryl methyl sites for hydroxylation is 1. The topological polar surface area (TPSA) is 106 Å². The Morgan fingerprint density at radius 1 is 1.18 bits per heavy atom. The van der Waals surface area contributed by atoms with Gasteiger partial charge in [-0.15, -0.1) is 0 Å². The summed E-state index contributed by atoms with van der Waals surface area (Å²) in [7, 11) is 0. The number of carbonyl (C=O) groups excluding carboxylic acids is 1. The molecular formula is C22H20F3N4O3S-. The van der Waals surface area contributed by atoms with Crippen molar-refractivity contribution in [3.63, 3.8) is 0 Å². The van der Waals surface area contributed by atoms with Gasteiger partial charge in [0.25, 0.3) is 0 Å². The molecule has 0 saturated carbocycles. The van der Waals surface area contributed by atoms with E-state index in [4.69, 9.17) is 0 Å². The Balaban J connectivity index is 1.63. The highest BCUT2D eigenvalue weighted by molar-refractivity contribution is 7.79. The lowest BCUT2D eigenvalue weighted by molar-refractivity contribution is -0.116. The predicted molar refractivity (Wildman–Crippen MR) is 119 cm³/mol. The zero-order valence-electron chi connectivity index (χ0n) is 17.5. The molecule has 4 rings (SSSR count). The molecule has 2 unspecified atom stereocenters. The molecule has 3 N–H and O–H groups in total. The standard InChI is InChI=1S/C22H21F3N4O3S/c1-21(29-14-7-8-16-13(10-14)6-9-20(30)28-16)11-18(15(12-26-21)22(23,24)25)27-17-4-2-3-5-19(17)33(31)32/h2-5,7-8,10,12,27,29H,6,9,11H2,1H3,(H,28,30)(H,31,32)/p-1. The van der Waals surface area contributed by atoms with Crippen molar-refractivity contribution in [2.75, 3.05) is 16.0 Å². The number of dihydropyridines is 1. The van der Waals surface area contributed by atoms with Crippen LogP contribution in [0.25, 0.3) is 0 Å². The molecule has 0 saturated heterocycles. The van der Waals surface area contributed by atoms with Crippen molar-refractivity contribution in [1.29, 1.82) is 0 Å². The van der Waals surface area contributed by atoms with Gasteiger partial charge < -0.3 is 20.5 Å². The zero-order valence-corrected chi connectivity index (χ0v) is 18.3. The van der Waals surface area contributed by atoms with Gasteiger partial charge in [-0.3, -0.25) is 14.0 Å². The third kappa shape index (κ3) is 5.09. The maximum Gasteiger partial charge on any atom is 0.419 e. The van der Waals surface area contributed by atoms with E-state index in [2.05, 4.69) is 20.9 Å². The van der Waals surface area contributed by atoms with Gasteiger partial charge in [0.05, 0.1) is 11.3 Å². The first-order valence-corrected chi connectivity index (χ1v) is 11.1. The van der Waals surface area contributed by atoms with Crippen molar-refractivity contribution in [2.45, 2.75) is 42.9 Å². The highest BCUT2D eigenvalue weighted by atomic mass is 32.2. The third-order valence-electron chi connectivity index (χ3n) is 5.40. The molecule has 0 aromatic heterocycles. The number of allylic oxidation sites excluding steroid dienone is 1. The van der Waals surface area contributed by atoms with Gasteiger partial charge in [-0.05, 0) is 60.3 Å². The highest BCUT2D eigenvalue weighted by Crippen LogP contribution is 2.37. The Hall–Kier alpha value is -3.18. The first kappa shape index (κ1) is 23.0. The van der Waals surface area contributed by atoms with Crippen LogP contribution in [0.2, 0.25) is 0 Å². The molecule has 11 heteroatoms. The number of anilines is 3. The quantitative estimate of drug-likeness (QED) is 0.556. The van der Waals surface area contributed by atoms with Crippen molar-refractivity contribution in [2.24, 2.45) is 4.99 Å². The van der Waals surface area contributed by atoms with Crippen molar-refractivity contribution in [3.8, 4) is 0 Å². The Bertz CT molecular complexity index is 1200. The number of nitrogens with zero attached hydrogens (tertiary/aromatic N) is 1. The van der Waals surface area contributed by atoms with E-state index in [-0.39, 0.29) is 28.6 Å². The second kappa shape index (κ2) is 8.64. The number of carbonyl (C=O) groups is 1. The highest BCUT2D eigenvalue weighted by Gasteiger charge is 2.41. The number of nitrogens with one attached hydrogen (secondary N) is 3. The largest absolute Gasteiger partial charge is 0.768 e. The van der Waals surface area contributed by atoms with Crippen LogP contribution < -0.4 is 16.0 Å². The normalized spacial score (nSPS) is 21.3. The first-order chi connectivity index (χ1) is 15.5. The molecule has 2 aliphatic rings. The van der Waals surface area contributed by atoms with Crippen LogP contribution in [0.1, 0.15) is 25.3 Å². The predicted octanol–water partition coefficient (Wildman–Crippen LogP) is 4.34. The number of aliphatic imine (C=N–C) groups is 1. The lowest BCUT2D eigenvalue weighted by Crippen LogP contribution is -2.39. The number of benzene rings is 2. The molecule has 174 valence electrons. The lowest BCUT2D eigenvalue weighted by Gasteiger charge is -2.34. The van der Waals surface area contributed by atoms with Crippen molar-refractivity contribution >= 4 is 40.3 Å². The molecule has 2 aromatic rings. The molecular weight excluding hydrogens is 457 g/mol. The summed E-state index contributed by atoms with van der Waals surface area (Å²) < 4.78 is 64.1. The number of rotatable bonds is 5. The minimum absolute atomic E-state index is 0.0461.